The molecule has 3 heteroatoms. The number of phenolic OH excluding ortho intramolecular Hbond substituents is 2. The van der Waals surface area contributed by atoms with Crippen LogP contribution in [0.3, 0.4) is 0 Å². The number of ketones is 1. The van der Waals surface area contributed by atoms with Gasteiger partial charge in [-0.15, -0.1) is 0 Å². The summed E-state index contributed by atoms with van der Waals surface area (Å²) in [4.78, 5) is 12.0. The highest BCUT2D eigenvalue weighted by Gasteiger charge is 2.19. The molecule has 0 heterocycles. The number of Topliss-reactive ketones (excluding diaryl/α,β-unsaturated/α-hetero) is 1. The van der Waals surface area contributed by atoms with Crippen LogP contribution in [0, 0.1) is 6.92 Å². The summed E-state index contributed by atoms with van der Waals surface area (Å²) in [5, 5.41) is 20.2. The lowest BCUT2D eigenvalue weighted by molar-refractivity contribution is 0.0978. The van der Waals surface area contributed by atoms with E-state index < -0.39 is 0 Å². The van der Waals surface area contributed by atoms with Crippen molar-refractivity contribution >= 4 is 5.78 Å². The predicted octanol–water partition coefficient (Wildman–Crippen LogP) is 3.90. The highest BCUT2D eigenvalue weighted by atomic mass is 16.3. The van der Waals surface area contributed by atoms with Gasteiger partial charge in [-0.1, -0.05) is 18.6 Å². The molecule has 0 radical (unpaired) electrons. The van der Waals surface area contributed by atoms with Gasteiger partial charge in [-0.05, 0) is 45.2 Å². The zero-order valence-electron chi connectivity index (χ0n) is 12.1. The van der Waals surface area contributed by atoms with Crippen molar-refractivity contribution in [2.24, 2.45) is 0 Å². The lowest BCUT2D eigenvalue weighted by atomic mass is 9.95. The van der Waals surface area contributed by atoms with Gasteiger partial charge in [-0.2, -0.15) is 0 Å². The molecular formula is C16H22O3. The molecule has 0 spiro atoms. The van der Waals surface area contributed by atoms with Gasteiger partial charge in [0.2, 0.25) is 0 Å². The minimum Gasteiger partial charge on any atom is -0.508 e. The standard InChI is InChI=1S/C16H22O3/c1-5-6-13(17)15-11(4)9-14(18)12(16(15)19)8-7-10(2)3/h7,9,18-19H,5-6,8H2,1-4H3. The van der Waals surface area contributed by atoms with Crippen LogP contribution in [-0.4, -0.2) is 16.0 Å². The number of carbonyl (C=O) groups excluding carboxylic acids is 1. The normalized spacial score (nSPS) is 10.3. The number of allylic oxidation sites excluding steroid dienone is 2. The van der Waals surface area contributed by atoms with Gasteiger partial charge in [-0.3, -0.25) is 4.79 Å². The van der Waals surface area contributed by atoms with E-state index in [0.717, 1.165) is 12.0 Å². The molecule has 0 atom stereocenters. The molecule has 1 aromatic carbocycles. The van der Waals surface area contributed by atoms with Crippen LogP contribution in [0.5, 0.6) is 11.5 Å². The van der Waals surface area contributed by atoms with Crippen LogP contribution in [-0.2, 0) is 6.42 Å². The Morgan fingerprint density at radius 3 is 2.47 bits per heavy atom. The van der Waals surface area contributed by atoms with Gasteiger partial charge in [0.25, 0.3) is 0 Å². The van der Waals surface area contributed by atoms with Gasteiger partial charge in [0.15, 0.2) is 5.78 Å². The third-order valence-corrected chi connectivity index (χ3v) is 3.05. The van der Waals surface area contributed by atoms with Gasteiger partial charge in [-0.25, -0.2) is 0 Å². The van der Waals surface area contributed by atoms with E-state index in [-0.39, 0.29) is 17.3 Å². The summed E-state index contributed by atoms with van der Waals surface area (Å²) in [5.41, 5.74) is 2.48. The first-order chi connectivity index (χ1) is 8.88. The summed E-state index contributed by atoms with van der Waals surface area (Å²) < 4.78 is 0. The molecule has 0 unspecified atom stereocenters. The first-order valence-corrected chi connectivity index (χ1v) is 6.59. The van der Waals surface area contributed by atoms with Crippen LogP contribution >= 0.6 is 0 Å². The number of phenols is 2. The summed E-state index contributed by atoms with van der Waals surface area (Å²) in [6, 6.07) is 1.55. The summed E-state index contributed by atoms with van der Waals surface area (Å²) in [7, 11) is 0. The van der Waals surface area contributed by atoms with E-state index in [4.69, 9.17) is 0 Å². The summed E-state index contributed by atoms with van der Waals surface area (Å²) >= 11 is 0. The monoisotopic (exact) mass is 262 g/mol. The molecular weight excluding hydrogens is 240 g/mol. The maximum absolute atomic E-state index is 12.0. The first-order valence-electron chi connectivity index (χ1n) is 6.59. The number of aromatic hydroxyl groups is 2. The Bertz CT molecular complexity index is 509. The second kappa shape index (κ2) is 6.41. The van der Waals surface area contributed by atoms with E-state index in [0.29, 0.717) is 29.5 Å². The van der Waals surface area contributed by atoms with Crippen molar-refractivity contribution in [2.45, 2.75) is 47.0 Å². The summed E-state index contributed by atoms with van der Waals surface area (Å²) in [6.45, 7) is 7.55. The highest BCUT2D eigenvalue weighted by Crippen LogP contribution is 2.35. The van der Waals surface area contributed by atoms with Gasteiger partial charge in [0.05, 0.1) is 5.56 Å². The molecule has 0 fully saturated rings. The molecule has 1 rings (SSSR count). The molecule has 0 aliphatic rings. The average molecular weight is 262 g/mol. The second-order valence-electron chi connectivity index (χ2n) is 5.07. The highest BCUT2D eigenvalue weighted by molar-refractivity contribution is 6.00. The van der Waals surface area contributed by atoms with Crippen LogP contribution in [0.1, 0.15) is 55.1 Å². The van der Waals surface area contributed by atoms with Crippen molar-refractivity contribution in [1.82, 2.24) is 0 Å². The van der Waals surface area contributed by atoms with Crippen molar-refractivity contribution in [3.05, 3.63) is 34.4 Å². The molecule has 0 aliphatic carbocycles. The molecule has 1 aromatic rings. The Morgan fingerprint density at radius 1 is 1.32 bits per heavy atom. The van der Waals surface area contributed by atoms with Gasteiger partial charge >= 0.3 is 0 Å². The van der Waals surface area contributed by atoms with E-state index in [1.54, 1.807) is 13.0 Å². The molecule has 0 aliphatic heterocycles. The second-order valence-corrected chi connectivity index (χ2v) is 5.07. The van der Waals surface area contributed by atoms with E-state index in [1.807, 2.05) is 26.8 Å². The zero-order valence-corrected chi connectivity index (χ0v) is 12.1. The number of benzene rings is 1. The number of carbonyl (C=O) groups is 1. The fraction of sp³-hybridized carbons (Fsp3) is 0.438. The third kappa shape index (κ3) is 3.60. The molecule has 0 saturated carbocycles. The van der Waals surface area contributed by atoms with Crippen molar-refractivity contribution < 1.29 is 15.0 Å². The molecule has 0 aromatic heterocycles. The smallest absolute Gasteiger partial charge is 0.166 e. The predicted molar refractivity (Wildman–Crippen MR) is 76.9 cm³/mol. The van der Waals surface area contributed by atoms with Crippen molar-refractivity contribution in [1.29, 1.82) is 0 Å². The van der Waals surface area contributed by atoms with E-state index in [9.17, 15) is 15.0 Å². The van der Waals surface area contributed by atoms with Crippen LogP contribution in [0.2, 0.25) is 0 Å². The lowest BCUT2D eigenvalue weighted by Gasteiger charge is -2.13. The fourth-order valence-electron chi connectivity index (χ4n) is 2.03. The molecule has 2 N–H and O–H groups in total. The quantitative estimate of drug-likeness (QED) is 0.625. The maximum atomic E-state index is 12.0. The first kappa shape index (κ1) is 15.3. The summed E-state index contributed by atoms with van der Waals surface area (Å²) in [6.07, 6.45) is 3.48. The SMILES string of the molecule is CCCC(=O)c1c(C)cc(O)c(CC=C(C)C)c1O. The minimum atomic E-state index is -0.0755. The summed E-state index contributed by atoms with van der Waals surface area (Å²) in [5.74, 6) is -0.107. The van der Waals surface area contributed by atoms with E-state index >= 15 is 0 Å². The largest absolute Gasteiger partial charge is 0.508 e. The Morgan fingerprint density at radius 2 is 1.95 bits per heavy atom. The number of hydrogen-bond donors (Lipinski definition) is 2. The van der Waals surface area contributed by atoms with E-state index in [1.165, 1.54) is 0 Å². The molecule has 0 saturated heterocycles. The van der Waals surface area contributed by atoms with Crippen LogP contribution in [0.25, 0.3) is 0 Å². The molecule has 19 heavy (non-hydrogen) atoms. The Balaban J connectivity index is 3.30. The van der Waals surface area contributed by atoms with Gasteiger partial charge < -0.3 is 10.2 Å². The Hall–Kier alpha value is -1.77. The van der Waals surface area contributed by atoms with Crippen LogP contribution < -0.4 is 0 Å². The third-order valence-electron chi connectivity index (χ3n) is 3.05. The van der Waals surface area contributed by atoms with Crippen LogP contribution in [0.4, 0.5) is 0 Å². The zero-order chi connectivity index (χ0) is 14.6. The molecule has 0 bridgehead atoms. The minimum absolute atomic E-state index is 0.0422. The number of hydrogen-bond acceptors (Lipinski definition) is 3. The molecule has 104 valence electrons. The lowest BCUT2D eigenvalue weighted by Crippen LogP contribution is -2.04. The Labute approximate surface area is 114 Å². The number of aryl methyl sites for hydroxylation is 1. The fourth-order valence-corrected chi connectivity index (χ4v) is 2.03. The molecule has 3 nitrogen and oxygen atoms in total. The average Bonchev–Trinajstić information content (AvgIpc) is 2.27. The van der Waals surface area contributed by atoms with Crippen LogP contribution in [0.15, 0.2) is 17.7 Å². The maximum Gasteiger partial charge on any atom is 0.166 e. The number of rotatable bonds is 5. The van der Waals surface area contributed by atoms with Gasteiger partial charge in [0, 0.05) is 12.0 Å². The van der Waals surface area contributed by atoms with E-state index in [2.05, 4.69) is 0 Å². The van der Waals surface area contributed by atoms with Gasteiger partial charge in [0.1, 0.15) is 11.5 Å². The molecule has 0 amide bonds. The van der Waals surface area contributed by atoms with Crippen molar-refractivity contribution in [2.75, 3.05) is 0 Å². The topological polar surface area (TPSA) is 57.5 Å². The van der Waals surface area contributed by atoms with Crippen molar-refractivity contribution in [3.63, 3.8) is 0 Å². The van der Waals surface area contributed by atoms with Crippen molar-refractivity contribution in [3.8, 4) is 11.5 Å². The Kier molecular flexibility index (Phi) is 5.16.